The highest BCUT2D eigenvalue weighted by molar-refractivity contribution is 7.98. The van der Waals surface area contributed by atoms with E-state index in [0.717, 1.165) is 23.6 Å². The second-order valence-electron chi connectivity index (χ2n) is 4.07. The van der Waals surface area contributed by atoms with E-state index in [1.54, 1.807) is 18.0 Å². The van der Waals surface area contributed by atoms with Crippen molar-refractivity contribution >= 4 is 11.8 Å². The lowest BCUT2D eigenvalue weighted by Gasteiger charge is -2.07. The molecule has 0 spiro atoms. The average Bonchev–Trinajstić information content (AvgIpc) is 2.43. The molecule has 2 aromatic rings. The van der Waals surface area contributed by atoms with E-state index in [4.69, 9.17) is 4.74 Å². The first kappa shape index (κ1) is 13.8. The molecule has 0 saturated heterocycles. The molecule has 1 aromatic heterocycles. The molecule has 0 saturated carbocycles. The highest BCUT2D eigenvalue weighted by Crippen LogP contribution is 2.22. The molecular weight excluding hydrogens is 258 g/mol. The smallest absolute Gasteiger partial charge is 0.322 e. The number of nitrogens with zero attached hydrogens (tertiary/aromatic N) is 2. The van der Waals surface area contributed by atoms with Gasteiger partial charge < -0.3 is 10.1 Å². The fourth-order valence-corrected chi connectivity index (χ4v) is 2.04. The lowest BCUT2D eigenvalue weighted by Crippen LogP contribution is -2.08. The van der Waals surface area contributed by atoms with Crippen molar-refractivity contribution in [1.82, 2.24) is 15.3 Å². The van der Waals surface area contributed by atoms with Gasteiger partial charge in [0, 0.05) is 28.9 Å². The van der Waals surface area contributed by atoms with E-state index in [-0.39, 0.29) is 0 Å². The van der Waals surface area contributed by atoms with Crippen molar-refractivity contribution < 1.29 is 4.74 Å². The normalized spacial score (nSPS) is 10.5. The first-order valence-electron chi connectivity index (χ1n) is 6.02. The summed E-state index contributed by atoms with van der Waals surface area (Å²) in [6, 6.07) is 8.26. The van der Waals surface area contributed by atoms with Crippen LogP contribution in [0.3, 0.4) is 0 Å². The van der Waals surface area contributed by atoms with Crippen molar-refractivity contribution in [1.29, 1.82) is 0 Å². The topological polar surface area (TPSA) is 47.0 Å². The molecule has 1 aromatic carbocycles. The summed E-state index contributed by atoms with van der Waals surface area (Å²) in [6.45, 7) is 2.71. The van der Waals surface area contributed by atoms with E-state index in [0.29, 0.717) is 6.01 Å². The first-order chi connectivity index (χ1) is 9.22. The number of benzene rings is 1. The third kappa shape index (κ3) is 3.68. The van der Waals surface area contributed by atoms with Crippen LogP contribution in [0, 0.1) is 6.92 Å². The van der Waals surface area contributed by atoms with Gasteiger partial charge in [0.1, 0.15) is 5.75 Å². The van der Waals surface area contributed by atoms with Crippen LogP contribution in [0.15, 0.2) is 35.4 Å². The molecule has 0 aliphatic rings. The van der Waals surface area contributed by atoms with E-state index in [1.807, 2.05) is 44.5 Å². The fourth-order valence-electron chi connectivity index (χ4n) is 1.63. The van der Waals surface area contributed by atoms with Crippen LogP contribution in [-0.2, 0) is 6.54 Å². The molecule has 0 aliphatic carbocycles. The van der Waals surface area contributed by atoms with Crippen LogP contribution in [0.2, 0.25) is 0 Å². The van der Waals surface area contributed by atoms with Crippen molar-refractivity contribution in [2.45, 2.75) is 18.4 Å². The molecule has 0 bridgehead atoms. The summed E-state index contributed by atoms with van der Waals surface area (Å²) in [4.78, 5) is 9.77. The lowest BCUT2D eigenvalue weighted by molar-refractivity contribution is 0.439. The van der Waals surface area contributed by atoms with Gasteiger partial charge in [0.15, 0.2) is 0 Å². The van der Waals surface area contributed by atoms with Crippen molar-refractivity contribution in [2.24, 2.45) is 0 Å². The molecule has 0 radical (unpaired) electrons. The van der Waals surface area contributed by atoms with Gasteiger partial charge in [-0.05, 0) is 44.5 Å². The number of aromatic nitrogens is 2. The van der Waals surface area contributed by atoms with Gasteiger partial charge in [-0.25, -0.2) is 4.98 Å². The van der Waals surface area contributed by atoms with Crippen molar-refractivity contribution in [3.05, 3.63) is 41.7 Å². The van der Waals surface area contributed by atoms with Crippen LogP contribution < -0.4 is 10.1 Å². The number of ether oxygens (including phenoxy) is 1. The standard InChI is InChI=1S/C14H17N3OS/c1-10-11(8-15-2)9-16-14(17-10)18-12-4-6-13(19-3)7-5-12/h4-7,9,15H,8H2,1-3H3. The van der Waals surface area contributed by atoms with E-state index >= 15 is 0 Å². The molecule has 0 aliphatic heterocycles. The summed E-state index contributed by atoms with van der Waals surface area (Å²) in [5, 5.41) is 3.08. The monoisotopic (exact) mass is 275 g/mol. The molecule has 0 amide bonds. The minimum atomic E-state index is 0.384. The number of hydrogen-bond donors (Lipinski definition) is 1. The summed E-state index contributed by atoms with van der Waals surface area (Å²) in [7, 11) is 1.90. The third-order valence-corrected chi connectivity index (χ3v) is 3.44. The molecule has 0 unspecified atom stereocenters. The summed E-state index contributed by atoms with van der Waals surface area (Å²) in [5.41, 5.74) is 2.01. The Bertz CT molecular complexity index is 543. The van der Waals surface area contributed by atoms with E-state index in [9.17, 15) is 0 Å². The molecule has 19 heavy (non-hydrogen) atoms. The third-order valence-electron chi connectivity index (χ3n) is 2.69. The maximum absolute atomic E-state index is 5.64. The highest BCUT2D eigenvalue weighted by atomic mass is 32.2. The predicted octanol–water partition coefficient (Wildman–Crippen LogP) is 3.02. The highest BCUT2D eigenvalue weighted by Gasteiger charge is 2.05. The van der Waals surface area contributed by atoms with Gasteiger partial charge in [-0.15, -0.1) is 11.8 Å². The van der Waals surface area contributed by atoms with E-state index in [1.165, 1.54) is 4.90 Å². The number of rotatable bonds is 5. The number of nitrogens with one attached hydrogen (secondary N) is 1. The van der Waals surface area contributed by atoms with Crippen molar-refractivity contribution in [2.75, 3.05) is 13.3 Å². The van der Waals surface area contributed by atoms with Gasteiger partial charge in [-0.3, -0.25) is 0 Å². The summed E-state index contributed by atoms with van der Waals surface area (Å²) < 4.78 is 5.64. The Morgan fingerprint density at radius 2 is 2.00 bits per heavy atom. The van der Waals surface area contributed by atoms with Crippen molar-refractivity contribution in [3.8, 4) is 11.8 Å². The summed E-state index contributed by atoms with van der Waals surface area (Å²) >= 11 is 1.70. The number of thioether (sulfide) groups is 1. The number of hydrogen-bond acceptors (Lipinski definition) is 5. The Balaban J connectivity index is 2.11. The van der Waals surface area contributed by atoms with Gasteiger partial charge >= 0.3 is 6.01 Å². The zero-order valence-corrected chi connectivity index (χ0v) is 12.1. The molecule has 1 N–H and O–H groups in total. The van der Waals surface area contributed by atoms with Gasteiger partial charge in [0.05, 0.1) is 0 Å². The molecule has 5 heteroatoms. The van der Waals surface area contributed by atoms with Gasteiger partial charge in [-0.1, -0.05) is 0 Å². The van der Waals surface area contributed by atoms with Crippen LogP contribution in [0.5, 0.6) is 11.8 Å². The zero-order valence-electron chi connectivity index (χ0n) is 11.3. The molecule has 2 rings (SSSR count). The van der Waals surface area contributed by atoms with Crippen LogP contribution in [0.1, 0.15) is 11.3 Å². The van der Waals surface area contributed by atoms with Crippen molar-refractivity contribution in [3.63, 3.8) is 0 Å². The Hall–Kier alpha value is -1.59. The largest absolute Gasteiger partial charge is 0.424 e. The molecule has 1 heterocycles. The van der Waals surface area contributed by atoms with Crippen LogP contribution in [-0.4, -0.2) is 23.3 Å². The van der Waals surface area contributed by atoms with Gasteiger partial charge in [0.25, 0.3) is 0 Å². The molecule has 100 valence electrons. The second-order valence-corrected chi connectivity index (χ2v) is 4.95. The van der Waals surface area contributed by atoms with Crippen LogP contribution in [0.4, 0.5) is 0 Å². The second kappa shape index (κ2) is 6.54. The predicted molar refractivity (Wildman–Crippen MR) is 77.8 cm³/mol. The maximum Gasteiger partial charge on any atom is 0.322 e. The molecule has 4 nitrogen and oxygen atoms in total. The Morgan fingerprint density at radius 3 is 2.58 bits per heavy atom. The minimum Gasteiger partial charge on any atom is -0.424 e. The van der Waals surface area contributed by atoms with Crippen LogP contribution >= 0.6 is 11.8 Å². The molecular formula is C14H17N3OS. The van der Waals surface area contributed by atoms with E-state index in [2.05, 4.69) is 15.3 Å². The average molecular weight is 275 g/mol. The van der Waals surface area contributed by atoms with Gasteiger partial charge in [0.2, 0.25) is 0 Å². The summed E-state index contributed by atoms with van der Waals surface area (Å²) in [6.07, 6.45) is 3.84. The quantitative estimate of drug-likeness (QED) is 0.850. The fraction of sp³-hybridized carbons (Fsp3) is 0.286. The van der Waals surface area contributed by atoms with E-state index < -0.39 is 0 Å². The summed E-state index contributed by atoms with van der Waals surface area (Å²) in [5.74, 6) is 0.749. The Morgan fingerprint density at radius 1 is 1.26 bits per heavy atom. The molecule has 0 fully saturated rings. The van der Waals surface area contributed by atoms with Crippen LogP contribution in [0.25, 0.3) is 0 Å². The minimum absolute atomic E-state index is 0.384. The SMILES string of the molecule is CNCc1cnc(Oc2ccc(SC)cc2)nc1C. The lowest BCUT2D eigenvalue weighted by atomic mass is 10.2. The number of aryl methyl sites for hydroxylation is 1. The maximum atomic E-state index is 5.64. The first-order valence-corrected chi connectivity index (χ1v) is 7.24. The Labute approximate surface area is 117 Å². The van der Waals surface area contributed by atoms with Gasteiger partial charge in [-0.2, -0.15) is 4.98 Å². The zero-order chi connectivity index (χ0) is 13.7. The Kier molecular flexibility index (Phi) is 4.76. The molecule has 0 atom stereocenters.